The lowest BCUT2D eigenvalue weighted by atomic mass is 10.1. The maximum absolute atomic E-state index is 11.5. The van der Waals surface area contributed by atoms with Gasteiger partial charge in [0.2, 0.25) is 12.7 Å². The van der Waals surface area contributed by atoms with Gasteiger partial charge in [-0.2, -0.15) is 5.10 Å². The van der Waals surface area contributed by atoms with Gasteiger partial charge in [-0.3, -0.25) is 9.59 Å². The highest BCUT2D eigenvalue weighted by Gasteiger charge is 2.29. The zero-order chi connectivity index (χ0) is 17.8. The molecule has 25 heavy (non-hydrogen) atoms. The average molecular weight is 363 g/mol. The maximum atomic E-state index is 11.5. The molecule has 2 aliphatic heterocycles. The number of ether oxygens (including phenoxy) is 2. The number of amides is 1. The van der Waals surface area contributed by atoms with Gasteiger partial charge < -0.3 is 19.9 Å². The standard InChI is InChI=1S/C16H17N3O5S/c1-9(2-3-10-4-5-11-12(6-10)24-8-23-11)18-19-16-17-14(20)7-13(25-16)15(21)22/h4-6,13H,2-3,7-8H2,1H3,(H,21,22)(H,17,19,20)/b18-9-/t13-/m0/s1. The Morgan fingerprint density at radius 3 is 3.00 bits per heavy atom. The SMILES string of the molecule is C/C(CCc1ccc2c(c1)OCO2)=N/N=C1\NC(=O)C[C@@H](C(=O)O)S1. The molecule has 0 radical (unpaired) electrons. The Balaban J connectivity index is 1.58. The van der Waals surface area contributed by atoms with Crippen LogP contribution < -0.4 is 14.8 Å². The van der Waals surface area contributed by atoms with E-state index in [0.29, 0.717) is 6.42 Å². The van der Waals surface area contributed by atoms with Crippen molar-refractivity contribution in [2.75, 3.05) is 6.79 Å². The Hall–Kier alpha value is -2.55. The highest BCUT2D eigenvalue weighted by molar-refractivity contribution is 8.15. The van der Waals surface area contributed by atoms with Crippen LogP contribution in [0.4, 0.5) is 0 Å². The van der Waals surface area contributed by atoms with Gasteiger partial charge in [0, 0.05) is 12.1 Å². The molecule has 1 aromatic carbocycles. The Kier molecular flexibility index (Phi) is 5.22. The number of benzene rings is 1. The molecule has 132 valence electrons. The minimum absolute atomic E-state index is 0.0637. The normalized spacial score (nSPS) is 21.3. The van der Waals surface area contributed by atoms with Gasteiger partial charge in [0.15, 0.2) is 16.7 Å². The summed E-state index contributed by atoms with van der Waals surface area (Å²) >= 11 is 0.994. The van der Waals surface area contributed by atoms with Crippen molar-refractivity contribution < 1.29 is 24.2 Å². The number of amidine groups is 1. The van der Waals surface area contributed by atoms with Gasteiger partial charge in [0.25, 0.3) is 0 Å². The molecule has 1 atom stereocenters. The number of carbonyl (C=O) groups excluding carboxylic acids is 1. The van der Waals surface area contributed by atoms with Crippen LogP contribution in [0.1, 0.15) is 25.3 Å². The fraction of sp³-hybridized carbons (Fsp3) is 0.375. The van der Waals surface area contributed by atoms with Gasteiger partial charge in [-0.25, -0.2) is 0 Å². The lowest BCUT2D eigenvalue weighted by Gasteiger charge is -2.18. The number of hydrogen-bond donors (Lipinski definition) is 2. The minimum Gasteiger partial charge on any atom is -0.480 e. The molecule has 1 fully saturated rings. The van der Waals surface area contributed by atoms with Crippen molar-refractivity contribution >= 4 is 34.5 Å². The Bertz CT molecular complexity index is 762. The van der Waals surface area contributed by atoms with Gasteiger partial charge in [-0.05, 0) is 37.5 Å². The fourth-order valence-electron chi connectivity index (χ4n) is 2.33. The second-order valence-corrected chi connectivity index (χ2v) is 6.82. The molecular weight excluding hydrogens is 346 g/mol. The summed E-state index contributed by atoms with van der Waals surface area (Å²) in [5.41, 5.74) is 1.87. The number of thioether (sulfide) groups is 1. The topological polar surface area (TPSA) is 110 Å². The zero-order valence-corrected chi connectivity index (χ0v) is 14.3. The van der Waals surface area contributed by atoms with Gasteiger partial charge >= 0.3 is 5.97 Å². The van der Waals surface area contributed by atoms with Crippen LogP contribution >= 0.6 is 11.8 Å². The van der Waals surface area contributed by atoms with Gasteiger partial charge in [-0.1, -0.05) is 17.8 Å². The average Bonchev–Trinajstić information content (AvgIpc) is 3.05. The van der Waals surface area contributed by atoms with Crippen molar-refractivity contribution in [1.29, 1.82) is 0 Å². The molecule has 8 nitrogen and oxygen atoms in total. The summed E-state index contributed by atoms with van der Waals surface area (Å²) in [6.07, 6.45) is 1.37. The third-order valence-corrected chi connectivity index (χ3v) is 4.73. The van der Waals surface area contributed by atoms with Gasteiger partial charge in [-0.15, -0.1) is 5.10 Å². The molecule has 2 heterocycles. The molecule has 3 rings (SSSR count). The molecule has 0 aliphatic carbocycles. The summed E-state index contributed by atoms with van der Waals surface area (Å²) in [5.74, 6) is 0.0983. The van der Waals surface area contributed by atoms with Crippen LogP contribution in [-0.2, 0) is 16.0 Å². The van der Waals surface area contributed by atoms with Crippen molar-refractivity contribution in [2.45, 2.75) is 31.4 Å². The third-order valence-electron chi connectivity index (χ3n) is 3.67. The maximum Gasteiger partial charge on any atom is 0.317 e. The van der Waals surface area contributed by atoms with E-state index in [9.17, 15) is 9.59 Å². The molecule has 1 saturated heterocycles. The van der Waals surface area contributed by atoms with E-state index >= 15 is 0 Å². The number of aliphatic carboxylic acids is 1. The third kappa shape index (κ3) is 4.50. The van der Waals surface area contributed by atoms with E-state index in [4.69, 9.17) is 14.6 Å². The molecule has 2 aliphatic rings. The molecule has 1 aromatic rings. The van der Waals surface area contributed by atoms with Crippen molar-refractivity contribution in [1.82, 2.24) is 5.32 Å². The van der Waals surface area contributed by atoms with Crippen molar-refractivity contribution in [3.8, 4) is 11.5 Å². The molecule has 0 spiro atoms. The second kappa shape index (κ2) is 7.56. The molecular formula is C16H17N3O5S. The number of nitrogens with one attached hydrogen (secondary N) is 1. The highest BCUT2D eigenvalue weighted by Crippen LogP contribution is 2.32. The smallest absolute Gasteiger partial charge is 0.317 e. The summed E-state index contributed by atoms with van der Waals surface area (Å²) in [5, 5.41) is 19.0. The number of carboxylic acid groups (broad SMARTS) is 1. The minimum atomic E-state index is -1.03. The predicted octanol–water partition coefficient (Wildman–Crippen LogP) is 1.79. The van der Waals surface area contributed by atoms with Crippen LogP contribution in [0.5, 0.6) is 11.5 Å². The molecule has 2 N–H and O–H groups in total. The number of fused-ring (bicyclic) bond motifs is 1. The predicted molar refractivity (Wildman–Crippen MR) is 93.2 cm³/mol. The molecule has 0 bridgehead atoms. The van der Waals surface area contributed by atoms with Crippen molar-refractivity contribution in [3.63, 3.8) is 0 Å². The summed E-state index contributed by atoms with van der Waals surface area (Å²) in [7, 11) is 0. The number of carbonyl (C=O) groups is 2. The zero-order valence-electron chi connectivity index (χ0n) is 13.5. The van der Waals surface area contributed by atoms with Crippen LogP contribution in [0.2, 0.25) is 0 Å². The van der Waals surface area contributed by atoms with Crippen LogP contribution in [-0.4, -0.2) is 39.9 Å². The van der Waals surface area contributed by atoms with E-state index < -0.39 is 11.2 Å². The molecule has 1 amide bonds. The van der Waals surface area contributed by atoms with E-state index in [-0.39, 0.29) is 24.3 Å². The van der Waals surface area contributed by atoms with E-state index in [1.54, 1.807) is 0 Å². The fourth-order valence-corrected chi connectivity index (χ4v) is 3.20. The number of carboxylic acids is 1. The Morgan fingerprint density at radius 2 is 2.20 bits per heavy atom. The Labute approximate surface area is 148 Å². The van der Waals surface area contributed by atoms with Crippen molar-refractivity contribution in [3.05, 3.63) is 23.8 Å². The molecule has 0 saturated carbocycles. The number of nitrogens with zero attached hydrogens (tertiary/aromatic N) is 2. The lowest BCUT2D eigenvalue weighted by Crippen LogP contribution is -2.40. The number of hydrogen-bond acceptors (Lipinski definition) is 7. The first-order chi connectivity index (χ1) is 12.0. The van der Waals surface area contributed by atoms with Crippen LogP contribution in [0.25, 0.3) is 0 Å². The van der Waals surface area contributed by atoms with Crippen LogP contribution in [0.3, 0.4) is 0 Å². The quantitative estimate of drug-likeness (QED) is 0.610. The summed E-state index contributed by atoms with van der Waals surface area (Å²) < 4.78 is 10.6. The lowest BCUT2D eigenvalue weighted by molar-refractivity contribution is -0.138. The van der Waals surface area contributed by atoms with Crippen LogP contribution in [0, 0.1) is 0 Å². The van der Waals surface area contributed by atoms with E-state index in [0.717, 1.165) is 41.0 Å². The highest BCUT2D eigenvalue weighted by atomic mass is 32.2. The van der Waals surface area contributed by atoms with E-state index in [2.05, 4.69) is 15.5 Å². The number of rotatable bonds is 5. The summed E-state index contributed by atoms with van der Waals surface area (Å²) in [6, 6.07) is 5.79. The van der Waals surface area contributed by atoms with Crippen LogP contribution in [0.15, 0.2) is 28.4 Å². The Morgan fingerprint density at radius 1 is 1.40 bits per heavy atom. The van der Waals surface area contributed by atoms with Crippen molar-refractivity contribution in [2.24, 2.45) is 10.2 Å². The van der Waals surface area contributed by atoms with Gasteiger partial charge in [0.1, 0.15) is 5.25 Å². The molecule has 9 heteroatoms. The monoisotopic (exact) mass is 363 g/mol. The molecule has 0 aromatic heterocycles. The summed E-state index contributed by atoms with van der Waals surface area (Å²) in [4.78, 5) is 22.5. The second-order valence-electron chi connectivity index (χ2n) is 5.63. The first-order valence-electron chi connectivity index (χ1n) is 7.70. The first kappa shape index (κ1) is 17.3. The van der Waals surface area contributed by atoms with E-state index in [1.165, 1.54) is 0 Å². The molecule has 0 unspecified atom stereocenters. The first-order valence-corrected chi connectivity index (χ1v) is 8.58. The number of aryl methyl sites for hydroxylation is 1. The largest absolute Gasteiger partial charge is 0.480 e. The van der Waals surface area contributed by atoms with Gasteiger partial charge in [0.05, 0.1) is 0 Å². The summed E-state index contributed by atoms with van der Waals surface area (Å²) in [6.45, 7) is 2.08. The van der Waals surface area contributed by atoms with E-state index in [1.807, 2.05) is 25.1 Å².